The van der Waals surface area contributed by atoms with Crippen molar-refractivity contribution in [3.05, 3.63) is 42.6 Å². The summed E-state index contributed by atoms with van der Waals surface area (Å²) >= 11 is 0. The first-order valence-electron chi connectivity index (χ1n) is 4.20. The van der Waals surface area contributed by atoms with Gasteiger partial charge in [0, 0.05) is 30.7 Å². The molecule has 0 amide bonds. The minimum absolute atomic E-state index is 0.652. The molecule has 0 aliphatic carbocycles. The number of hydrogen-bond acceptors (Lipinski definition) is 5. The molecule has 0 atom stereocenters. The largest absolute Gasteiger partial charge is 0.364 e. The van der Waals surface area contributed by atoms with Crippen molar-refractivity contribution < 1.29 is 0 Å². The molecule has 2 heterocycles. The number of aromatic nitrogens is 4. The Morgan fingerprint density at radius 3 is 2.79 bits per heavy atom. The topological polar surface area (TPSA) is 63.6 Å². The van der Waals surface area contributed by atoms with Gasteiger partial charge in [-0.15, -0.1) is 5.10 Å². The Kier molecular flexibility index (Phi) is 2.61. The Labute approximate surface area is 81.3 Å². The lowest BCUT2D eigenvalue weighted by Gasteiger charge is -2.02. The second kappa shape index (κ2) is 4.27. The summed E-state index contributed by atoms with van der Waals surface area (Å²) in [5.41, 5.74) is 1.01. The third kappa shape index (κ3) is 2.22. The summed E-state index contributed by atoms with van der Waals surface area (Å²) in [6.07, 6.45) is 6.66. The molecule has 70 valence electrons. The average Bonchev–Trinajstić information content (AvgIpc) is 2.29. The third-order valence-electron chi connectivity index (χ3n) is 1.66. The molecule has 1 N–H and O–H groups in total. The summed E-state index contributed by atoms with van der Waals surface area (Å²) < 4.78 is 0. The minimum atomic E-state index is 0.652. The second-order valence-electron chi connectivity index (χ2n) is 2.71. The van der Waals surface area contributed by atoms with Crippen molar-refractivity contribution in [3.8, 4) is 0 Å². The van der Waals surface area contributed by atoms with Crippen LogP contribution in [0.1, 0.15) is 5.56 Å². The van der Waals surface area contributed by atoms with E-state index in [0.29, 0.717) is 6.54 Å². The van der Waals surface area contributed by atoms with Gasteiger partial charge in [-0.3, -0.25) is 0 Å². The van der Waals surface area contributed by atoms with Crippen LogP contribution in [-0.4, -0.2) is 20.2 Å². The zero-order chi connectivity index (χ0) is 9.64. The van der Waals surface area contributed by atoms with Gasteiger partial charge in [0.1, 0.15) is 12.1 Å². The Morgan fingerprint density at radius 1 is 1.21 bits per heavy atom. The fourth-order valence-electron chi connectivity index (χ4n) is 1.01. The van der Waals surface area contributed by atoms with Gasteiger partial charge in [-0.2, -0.15) is 5.10 Å². The van der Waals surface area contributed by atoms with E-state index in [1.54, 1.807) is 18.6 Å². The summed E-state index contributed by atoms with van der Waals surface area (Å²) in [6.45, 7) is 0.652. The normalized spacial score (nSPS) is 9.71. The smallest absolute Gasteiger partial charge is 0.148 e. The molecular weight excluding hydrogens is 178 g/mol. The van der Waals surface area contributed by atoms with Crippen LogP contribution in [0.25, 0.3) is 0 Å². The van der Waals surface area contributed by atoms with E-state index in [4.69, 9.17) is 0 Å². The Hall–Kier alpha value is -2.04. The molecule has 0 radical (unpaired) electrons. The van der Waals surface area contributed by atoms with Crippen molar-refractivity contribution in [1.29, 1.82) is 0 Å². The maximum Gasteiger partial charge on any atom is 0.148 e. The quantitative estimate of drug-likeness (QED) is 0.772. The van der Waals surface area contributed by atoms with E-state index < -0.39 is 0 Å². The number of nitrogens with zero attached hydrogens (tertiary/aromatic N) is 4. The fourth-order valence-corrected chi connectivity index (χ4v) is 1.01. The van der Waals surface area contributed by atoms with Crippen molar-refractivity contribution in [2.75, 3.05) is 5.32 Å². The van der Waals surface area contributed by atoms with E-state index in [1.807, 2.05) is 12.1 Å². The highest BCUT2D eigenvalue weighted by molar-refractivity contribution is 5.32. The Morgan fingerprint density at radius 2 is 2.07 bits per heavy atom. The number of hydrogen-bond donors (Lipinski definition) is 1. The van der Waals surface area contributed by atoms with E-state index in [1.165, 1.54) is 6.33 Å². The van der Waals surface area contributed by atoms with Crippen molar-refractivity contribution in [2.45, 2.75) is 6.54 Å². The van der Waals surface area contributed by atoms with Crippen LogP contribution in [0.3, 0.4) is 0 Å². The highest BCUT2D eigenvalue weighted by Gasteiger charge is 1.93. The van der Waals surface area contributed by atoms with Gasteiger partial charge in [-0.1, -0.05) is 0 Å². The molecular formula is C9H9N5. The van der Waals surface area contributed by atoms with Gasteiger partial charge in [0.05, 0.1) is 0 Å². The first-order chi connectivity index (χ1) is 6.95. The molecule has 0 aliphatic rings. The van der Waals surface area contributed by atoms with Gasteiger partial charge in [-0.25, -0.2) is 9.97 Å². The molecule has 5 nitrogen and oxygen atoms in total. The summed E-state index contributed by atoms with van der Waals surface area (Å²) in [5.74, 6) is 0.747. The standard InChI is InChI=1S/C9H9N5/c1-2-9(14-13-3-1)12-6-8-4-10-7-11-5-8/h1-5,7H,6H2,(H,12,14). The molecule has 0 aliphatic heterocycles. The highest BCUT2D eigenvalue weighted by atomic mass is 15.2. The summed E-state index contributed by atoms with van der Waals surface area (Å²) in [6, 6.07) is 3.69. The average molecular weight is 187 g/mol. The van der Waals surface area contributed by atoms with Crippen LogP contribution in [0, 0.1) is 0 Å². The molecule has 5 heteroatoms. The Balaban J connectivity index is 1.96. The van der Waals surface area contributed by atoms with E-state index in [2.05, 4.69) is 25.5 Å². The molecule has 0 spiro atoms. The molecule has 0 unspecified atom stereocenters. The number of nitrogens with one attached hydrogen (secondary N) is 1. The molecule has 2 aromatic rings. The third-order valence-corrected chi connectivity index (χ3v) is 1.66. The van der Waals surface area contributed by atoms with E-state index in [-0.39, 0.29) is 0 Å². The van der Waals surface area contributed by atoms with Crippen LogP contribution >= 0.6 is 0 Å². The van der Waals surface area contributed by atoms with Gasteiger partial charge in [0.15, 0.2) is 0 Å². The summed E-state index contributed by atoms with van der Waals surface area (Å²) in [7, 11) is 0. The van der Waals surface area contributed by atoms with Crippen molar-refractivity contribution in [3.63, 3.8) is 0 Å². The predicted octanol–water partition coefficient (Wildman–Crippen LogP) is 0.879. The summed E-state index contributed by atoms with van der Waals surface area (Å²) in [4.78, 5) is 7.82. The van der Waals surface area contributed by atoms with Crippen molar-refractivity contribution >= 4 is 5.82 Å². The molecule has 0 fully saturated rings. The Bertz CT molecular complexity index is 335. The van der Waals surface area contributed by atoms with Crippen molar-refractivity contribution in [1.82, 2.24) is 20.2 Å². The SMILES string of the molecule is c1cnnc(NCc2cncnc2)c1. The first kappa shape index (κ1) is 8.55. The number of rotatable bonds is 3. The first-order valence-corrected chi connectivity index (χ1v) is 4.20. The van der Waals surface area contributed by atoms with Crippen LogP contribution < -0.4 is 5.32 Å². The minimum Gasteiger partial charge on any atom is -0.364 e. The van der Waals surface area contributed by atoms with E-state index in [9.17, 15) is 0 Å². The highest BCUT2D eigenvalue weighted by Crippen LogP contribution is 2.01. The van der Waals surface area contributed by atoms with Gasteiger partial charge in [0.2, 0.25) is 0 Å². The maximum atomic E-state index is 3.91. The van der Waals surface area contributed by atoms with Gasteiger partial charge in [0.25, 0.3) is 0 Å². The number of anilines is 1. The lowest BCUT2D eigenvalue weighted by atomic mass is 10.3. The van der Waals surface area contributed by atoms with E-state index in [0.717, 1.165) is 11.4 Å². The lowest BCUT2D eigenvalue weighted by Crippen LogP contribution is -2.02. The zero-order valence-corrected chi connectivity index (χ0v) is 7.46. The zero-order valence-electron chi connectivity index (χ0n) is 7.46. The monoisotopic (exact) mass is 187 g/mol. The lowest BCUT2D eigenvalue weighted by molar-refractivity contribution is 0.986. The molecule has 14 heavy (non-hydrogen) atoms. The van der Waals surface area contributed by atoms with Crippen LogP contribution in [-0.2, 0) is 6.54 Å². The van der Waals surface area contributed by atoms with Gasteiger partial charge >= 0.3 is 0 Å². The molecule has 2 rings (SSSR count). The van der Waals surface area contributed by atoms with Crippen LogP contribution in [0.15, 0.2) is 37.1 Å². The molecule has 0 aromatic carbocycles. The van der Waals surface area contributed by atoms with Crippen LogP contribution in [0.5, 0.6) is 0 Å². The predicted molar refractivity (Wildman–Crippen MR) is 51.4 cm³/mol. The molecule has 0 saturated heterocycles. The van der Waals surface area contributed by atoms with Crippen LogP contribution in [0.2, 0.25) is 0 Å². The molecule has 0 saturated carbocycles. The van der Waals surface area contributed by atoms with Crippen molar-refractivity contribution in [2.24, 2.45) is 0 Å². The maximum absolute atomic E-state index is 3.91. The second-order valence-corrected chi connectivity index (χ2v) is 2.71. The molecule has 0 bridgehead atoms. The summed E-state index contributed by atoms with van der Waals surface area (Å²) in [5, 5.41) is 10.8. The van der Waals surface area contributed by atoms with Crippen LogP contribution in [0.4, 0.5) is 5.82 Å². The van der Waals surface area contributed by atoms with E-state index >= 15 is 0 Å². The molecule has 2 aromatic heterocycles. The fraction of sp³-hybridized carbons (Fsp3) is 0.111. The van der Waals surface area contributed by atoms with Gasteiger partial charge < -0.3 is 5.32 Å². The van der Waals surface area contributed by atoms with Gasteiger partial charge in [-0.05, 0) is 12.1 Å².